The van der Waals surface area contributed by atoms with E-state index in [1.165, 1.54) is 11.9 Å². The summed E-state index contributed by atoms with van der Waals surface area (Å²) in [7, 11) is 1.53. The molecule has 0 saturated carbocycles. The summed E-state index contributed by atoms with van der Waals surface area (Å²) in [5.41, 5.74) is 5.76. The molecule has 1 atom stereocenters. The van der Waals surface area contributed by atoms with Gasteiger partial charge in [0.1, 0.15) is 5.75 Å². The van der Waals surface area contributed by atoms with E-state index >= 15 is 0 Å². The van der Waals surface area contributed by atoms with E-state index in [-0.39, 0.29) is 11.9 Å². The highest BCUT2D eigenvalue weighted by atomic mass is 16.5. The molecule has 4 amide bonds. The molecule has 0 aliphatic carbocycles. The molecule has 2 aromatic carbocycles. The van der Waals surface area contributed by atoms with Gasteiger partial charge in [-0.25, -0.2) is 10.3 Å². The number of carbonyl (C=O) groups is 3. The van der Waals surface area contributed by atoms with Crippen molar-refractivity contribution in [1.29, 1.82) is 0 Å². The van der Waals surface area contributed by atoms with Gasteiger partial charge in [0.2, 0.25) is 5.91 Å². The first-order valence-corrected chi connectivity index (χ1v) is 10.8. The van der Waals surface area contributed by atoms with Gasteiger partial charge in [0.15, 0.2) is 0 Å². The van der Waals surface area contributed by atoms with Crippen LogP contribution < -0.4 is 10.2 Å². The van der Waals surface area contributed by atoms with E-state index in [1.54, 1.807) is 22.5 Å². The fourth-order valence-corrected chi connectivity index (χ4v) is 4.86. The highest BCUT2D eigenvalue weighted by Gasteiger charge is 2.44. The number of benzene rings is 2. The van der Waals surface area contributed by atoms with Crippen molar-refractivity contribution in [2.24, 2.45) is 0 Å². The zero-order chi connectivity index (χ0) is 23.3. The Bertz CT molecular complexity index is 1280. The lowest BCUT2D eigenvalue weighted by Crippen LogP contribution is -2.56. The summed E-state index contributed by atoms with van der Waals surface area (Å²) in [4.78, 5) is 40.3. The van der Waals surface area contributed by atoms with E-state index in [9.17, 15) is 14.4 Å². The number of ether oxygens (including phenoxy) is 1. The summed E-state index contributed by atoms with van der Waals surface area (Å²) in [6.07, 6.45) is 0. The van der Waals surface area contributed by atoms with Crippen molar-refractivity contribution in [3.63, 3.8) is 0 Å². The standard InChI is InChI=1S/C24H24N4O5/c1-3-33-16-8-9-19-17(10-16)21-18-12-27(24(31)26(2)23(18)30)13-20(21)28(19)11-14-4-6-15(7-5-14)22(29)25-32/h4-10,18,32H,3,11-13H2,1-2H3,(H,25,29). The average Bonchev–Trinajstić information content (AvgIpc) is 3.14. The normalized spacial score (nSPS) is 17.4. The van der Waals surface area contributed by atoms with Crippen LogP contribution in [0.15, 0.2) is 42.5 Å². The third-order valence-electron chi connectivity index (χ3n) is 6.43. The minimum absolute atomic E-state index is 0.197. The molecule has 1 unspecified atom stereocenters. The van der Waals surface area contributed by atoms with Gasteiger partial charge in [0, 0.05) is 42.3 Å². The highest BCUT2D eigenvalue weighted by molar-refractivity contribution is 6.04. The smallest absolute Gasteiger partial charge is 0.326 e. The van der Waals surface area contributed by atoms with E-state index in [0.29, 0.717) is 31.8 Å². The summed E-state index contributed by atoms with van der Waals surface area (Å²) in [5, 5.41) is 9.79. The molecule has 2 aliphatic rings. The maximum Gasteiger partial charge on any atom is 0.326 e. The average molecular weight is 448 g/mol. The molecule has 2 aliphatic heterocycles. The second-order valence-corrected chi connectivity index (χ2v) is 8.31. The molecular formula is C24H24N4O5. The van der Waals surface area contributed by atoms with Crippen molar-refractivity contribution in [3.8, 4) is 5.75 Å². The second kappa shape index (κ2) is 7.93. The fourth-order valence-electron chi connectivity index (χ4n) is 4.86. The van der Waals surface area contributed by atoms with Crippen molar-refractivity contribution in [3.05, 3.63) is 64.8 Å². The molecule has 9 nitrogen and oxygen atoms in total. The van der Waals surface area contributed by atoms with Crippen molar-refractivity contribution in [1.82, 2.24) is 19.8 Å². The predicted molar refractivity (Wildman–Crippen MR) is 119 cm³/mol. The van der Waals surface area contributed by atoms with E-state index in [2.05, 4.69) is 4.57 Å². The monoisotopic (exact) mass is 448 g/mol. The molecular weight excluding hydrogens is 424 g/mol. The first kappa shape index (κ1) is 21.0. The molecule has 0 radical (unpaired) electrons. The minimum Gasteiger partial charge on any atom is -0.494 e. The summed E-state index contributed by atoms with van der Waals surface area (Å²) in [6.45, 7) is 3.74. The van der Waals surface area contributed by atoms with Crippen LogP contribution in [0, 0.1) is 0 Å². The maximum atomic E-state index is 13.0. The number of amides is 4. The Balaban J connectivity index is 1.64. The van der Waals surface area contributed by atoms with Crippen LogP contribution in [0.3, 0.4) is 0 Å². The van der Waals surface area contributed by atoms with Crippen molar-refractivity contribution >= 4 is 28.7 Å². The van der Waals surface area contributed by atoms with E-state index in [1.807, 2.05) is 37.3 Å². The zero-order valence-corrected chi connectivity index (χ0v) is 18.4. The molecule has 1 saturated heterocycles. The Morgan fingerprint density at radius 2 is 1.94 bits per heavy atom. The van der Waals surface area contributed by atoms with Crippen molar-refractivity contribution < 1.29 is 24.3 Å². The van der Waals surface area contributed by atoms with Crippen LogP contribution in [0.4, 0.5) is 4.79 Å². The Labute approximate surface area is 190 Å². The van der Waals surface area contributed by atoms with Gasteiger partial charge in [-0.15, -0.1) is 0 Å². The van der Waals surface area contributed by atoms with Crippen LogP contribution >= 0.6 is 0 Å². The van der Waals surface area contributed by atoms with Crippen LogP contribution in [0.5, 0.6) is 5.75 Å². The lowest BCUT2D eigenvalue weighted by Gasteiger charge is -2.41. The Hall–Kier alpha value is -3.85. The number of carbonyl (C=O) groups excluding carboxylic acids is 3. The van der Waals surface area contributed by atoms with Crippen LogP contribution in [0.2, 0.25) is 0 Å². The van der Waals surface area contributed by atoms with Gasteiger partial charge >= 0.3 is 6.03 Å². The quantitative estimate of drug-likeness (QED) is 0.461. The van der Waals surface area contributed by atoms with Crippen LogP contribution in [0.1, 0.15) is 40.0 Å². The van der Waals surface area contributed by atoms with E-state index in [0.717, 1.165) is 33.5 Å². The molecule has 0 spiro atoms. The number of rotatable bonds is 5. The minimum atomic E-state index is -0.574. The van der Waals surface area contributed by atoms with E-state index < -0.39 is 11.8 Å². The molecule has 33 heavy (non-hydrogen) atoms. The topological polar surface area (TPSA) is 104 Å². The number of hydrogen-bond donors (Lipinski definition) is 2. The third kappa shape index (κ3) is 3.32. The number of urea groups is 1. The molecule has 5 rings (SSSR count). The number of hydroxylamine groups is 1. The number of fused-ring (bicyclic) bond motifs is 6. The summed E-state index contributed by atoms with van der Waals surface area (Å²) in [5.74, 6) is -0.458. The largest absolute Gasteiger partial charge is 0.494 e. The number of nitrogens with one attached hydrogen (secondary N) is 1. The van der Waals surface area contributed by atoms with Crippen molar-refractivity contribution in [2.45, 2.75) is 25.9 Å². The predicted octanol–water partition coefficient (Wildman–Crippen LogP) is 2.70. The third-order valence-corrected chi connectivity index (χ3v) is 6.43. The van der Waals surface area contributed by atoms with Gasteiger partial charge in [-0.3, -0.25) is 19.7 Å². The van der Waals surface area contributed by atoms with Crippen LogP contribution in [0.25, 0.3) is 10.9 Å². The number of nitrogens with zero attached hydrogens (tertiary/aromatic N) is 3. The first-order chi connectivity index (χ1) is 15.9. The number of hydrogen-bond acceptors (Lipinski definition) is 5. The summed E-state index contributed by atoms with van der Waals surface area (Å²) >= 11 is 0. The van der Waals surface area contributed by atoms with Gasteiger partial charge < -0.3 is 14.2 Å². The molecule has 1 aromatic heterocycles. The fraction of sp³-hybridized carbons (Fsp3) is 0.292. The number of aromatic nitrogens is 1. The van der Waals surface area contributed by atoms with Gasteiger partial charge in [0.05, 0.1) is 19.1 Å². The van der Waals surface area contributed by atoms with Crippen LogP contribution in [-0.4, -0.2) is 57.6 Å². The summed E-state index contributed by atoms with van der Waals surface area (Å²) < 4.78 is 7.85. The summed E-state index contributed by atoms with van der Waals surface area (Å²) in [6, 6.07) is 12.5. The lowest BCUT2D eigenvalue weighted by molar-refractivity contribution is -0.132. The van der Waals surface area contributed by atoms with Gasteiger partial charge in [-0.1, -0.05) is 12.1 Å². The molecule has 9 heteroatoms. The Morgan fingerprint density at radius 3 is 2.64 bits per heavy atom. The maximum absolute atomic E-state index is 13.0. The first-order valence-electron chi connectivity index (χ1n) is 10.8. The molecule has 2 N–H and O–H groups in total. The number of imide groups is 1. The van der Waals surface area contributed by atoms with Crippen LogP contribution in [-0.2, 0) is 17.9 Å². The second-order valence-electron chi connectivity index (χ2n) is 8.31. The molecule has 3 aromatic rings. The van der Waals surface area contributed by atoms with E-state index in [4.69, 9.17) is 9.94 Å². The zero-order valence-electron chi connectivity index (χ0n) is 18.4. The van der Waals surface area contributed by atoms with Gasteiger partial charge in [0.25, 0.3) is 5.91 Å². The molecule has 2 bridgehead atoms. The number of likely N-dealkylation sites (N-methyl/N-ethyl adjacent to an activating group) is 1. The van der Waals surface area contributed by atoms with Gasteiger partial charge in [-0.2, -0.15) is 0 Å². The molecule has 3 heterocycles. The molecule has 170 valence electrons. The molecule has 1 fully saturated rings. The Kier molecular flexibility index (Phi) is 5.05. The lowest BCUT2D eigenvalue weighted by atomic mass is 9.89. The highest BCUT2D eigenvalue weighted by Crippen LogP contribution is 2.41. The van der Waals surface area contributed by atoms with Gasteiger partial charge in [-0.05, 0) is 48.4 Å². The Morgan fingerprint density at radius 1 is 1.18 bits per heavy atom. The van der Waals surface area contributed by atoms with Crippen molar-refractivity contribution in [2.75, 3.05) is 20.2 Å². The SMILES string of the molecule is CCOc1ccc2c(c1)c1c(n2Cc2ccc(C(=O)NO)cc2)CN2CC1C(=O)N(C)C2=O.